The van der Waals surface area contributed by atoms with Gasteiger partial charge in [0.05, 0.1) is 0 Å². The Labute approximate surface area is 195 Å². The molecule has 1 unspecified atom stereocenters. The highest BCUT2D eigenvalue weighted by Gasteiger charge is 2.39. The highest BCUT2D eigenvalue weighted by Crippen LogP contribution is 2.29. The van der Waals surface area contributed by atoms with E-state index in [0.717, 1.165) is 69.8 Å². The zero-order valence-electron chi connectivity index (χ0n) is 19.4. The SMILES string of the molecule is CN1CCN(CCCNCCC#Cc2cccc3c2CN(C2CCC(=O)NC2=O)C3=O)CC1. The number of likely N-dealkylation sites (N-methyl/N-ethyl adjacent to an activating group) is 1. The first-order chi connectivity index (χ1) is 16.0. The number of carbonyl (C=O) groups is 3. The summed E-state index contributed by atoms with van der Waals surface area (Å²) in [5.74, 6) is 5.61. The van der Waals surface area contributed by atoms with Gasteiger partial charge in [-0.15, -0.1) is 0 Å². The highest BCUT2D eigenvalue weighted by molar-refractivity contribution is 6.05. The lowest BCUT2D eigenvalue weighted by atomic mass is 10.0. The Morgan fingerprint density at radius 3 is 2.73 bits per heavy atom. The second kappa shape index (κ2) is 10.9. The number of hydrogen-bond acceptors (Lipinski definition) is 6. The first kappa shape index (κ1) is 23.4. The van der Waals surface area contributed by atoms with Crippen molar-refractivity contribution < 1.29 is 14.4 Å². The molecule has 1 aromatic carbocycles. The molecule has 0 saturated carbocycles. The standard InChI is InChI=1S/C25H33N5O3/c1-28-14-16-29(17-15-28)13-5-12-26-11-3-2-6-19-7-4-8-20-21(19)18-30(25(20)33)22-9-10-23(31)27-24(22)32/h4,7-8,22,26H,3,5,9-18H2,1H3,(H,27,31,32). The molecule has 3 aliphatic heterocycles. The molecule has 0 aliphatic carbocycles. The van der Waals surface area contributed by atoms with E-state index in [1.165, 1.54) is 0 Å². The van der Waals surface area contributed by atoms with E-state index in [1.54, 1.807) is 11.0 Å². The Bertz CT molecular complexity index is 959. The smallest absolute Gasteiger partial charge is 0.255 e. The molecule has 2 saturated heterocycles. The van der Waals surface area contributed by atoms with Crippen LogP contribution >= 0.6 is 0 Å². The molecule has 2 N–H and O–H groups in total. The molecule has 1 aromatic rings. The third-order valence-electron chi connectivity index (χ3n) is 6.66. The van der Waals surface area contributed by atoms with E-state index in [1.807, 2.05) is 12.1 Å². The molecule has 33 heavy (non-hydrogen) atoms. The van der Waals surface area contributed by atoms with Crippen LogP contribution in [0.4, 0.5) is 0 Å². The van der Waals surface area contributed by atoms with Gasteiger partial charge in [0.1, 0.15) is 6.04 Å². The average Bonchev–Trinajstić information content (AvgIpc) is 3.14. The molecule has 3 aliphatic rings. The van der Waals surface area contributed by atoms with Gasteiger partial charge in [-0.1, -0.05) is 17.9 Å². The number of fused-ring (bicyclic) bond motifs is 1. The molecule has 0 radical (unpaired) electrons. The monoisotopic (exact) mass is 451 g/mol. The van der Waals surface area contributed by atoms with Crippen molar-refractivity contribution in [3.8, 4) is 11.8 Å². The van der Waals surface area contributed by atoms with Gasteiger partial charge < -0.3 is 20.0 Å². The Balaban J connectivity index is 1.23. The van der Waals surface area contributed by atoms with Gasteiger partial charge in [-0.3, -0.25) is 19.7 Å². The van der Waals surface area contributed by atoms with E-state index < -0.39 is 11.9 Å². The number of piperidine rings is 1. The Morgan fingerprint density at radius 1 is 1.12 bits per heavy atom. The molecule has 8 nitrogen and oxygen atoms in total. The fraction of sp³-hybridized carbons (Fsp3) is 0.560. The summed E-state index contributed by atoms with van der Waals surface area (Å²) in [6.07, 6.45) is 2.50. The topological polar surface area (TPSA) is 85.0 Å². The number of carbonyl (C=O) groups excluding carboxylic acids is 3. The van der Waals surface area contributed by atoms with Crippen LogP contribution in [0.25, 0.3) is 0 Å². The molecular weight excluding hydrogens is 418 g/mol. The minimum atomic E-state index is -0.599. The van der Waals surface area contributed by atoms with Crippen LogP contribution < -0.4 is 10.6 Å². The summed E-state index contributed by atoms with van der Waals surface area (Å²) >= 11 is 0. The third-order valence-corrected chi connectivity index (χ3v) is 6.66. The fourth-order valence-electron chi connectivity index (χ4n) is 4.64. The molecule has 4 rings (SSSR count). The van der Waals surface area contributed by atoms with E-state index in [4.69, 9.17) is 0 Å². The maximum Gasteiger partial charge on any atom is 0.255 e. The number of nitrogens with one attached hydrogen (secondary N) is 2. The van der Waals surface area contributed by atoms with Crippen LogP contribution in [0.3, 0.4) is 0 Å². The zero-order chi connectivity index (χ0) is 23.2. The number of rotatable bonds is 7. The largest absolute Gasteiger partial charge is 0.322 e. The van der Waals surface area contributed by atoms with Crippen molar-refractivity contribution in [3.05, 3.63) is 34.9 Å². The quantitative estimate of drug-likeness (QED) is 0.355. The van der Waals surface area contributed by atoms with Gasteiger partial charge >= 0.3 is 0 Å². The number of amides is 3. The van der Waals surface area contributed by atoms with E-state index in [0.29, 0.717) is 18.5 Å². The molecule has 0 bridgehead atoms. The normalized spacial score (nSPS) is 21.5. The van der Waals surface area contributed by atoms with Crippen molar-refractivity contribution in [1.29, 1.82) is 0 Å². The second-order valence-corrected chi connectivity index (χ2v) is 9.03. The van der Waals surface area contributed by atoms with Crippen LogP contribution in [0.5, 0.6) is 0 Å². The molecule has 176 valence electrons. The van der Waals surface area contributed by atoms with E-state index >= 15 is 0 Å². The number of benzene rings is 1. The van der Waals surface area contributed by atoms with E-state index in [9.17, 15) is 14.4 Å². The summed E-state index contributed by atoms with van der Waals surface area (Å²) in [4.78, 5) is 43.0. The van der Waals surface area contributed by atoms with Crippen LogP contribution in [0.15, 0.2) is 18.2 Å². The summed E-state index contributed by atoms with van der Waals surface area (Å²) in [6.45, 7) is 7.96. The summed E-state index contributed by atoms with van der Waals surface area (Å²) in [5.41, 5.74) is 2.32. The number of nitrogens with zero attached hydrogens (tertiary/aromatic N) is 3. The minimum Gasteiger partial charge on any atom is -0.322 e. The van der Waals surface area contributed by atoms with Crippen LogP contribution in [-0.4, -0.2) is 91.3 Å². The lowest BCUT2D eigenvalue weighted by molar-refractivity contribution is -0.136. The molecule has 0 spiro atoms. The summed E-state index contributed by atoms with van der Waals surface area (Å²) < 4.78 is 0. The second-order valence-electron chi connectivity index (χ2n) is 9.03. The lowest BCUT2D eigenvalue weighted by Gasteiger charge is -2.32. The zero-order valence-corrected chi connectivity index (χ0v) is 19.4. The first-order valence-electron chi connectivity index (χ1n) is 11.9. The van der Waals surface area contributed by atoms with E-state index in [-0.39, 0.29) is 18.2 Å². The Morgan fingerprint density at radius 2 is 1.94 bits per heavy atom. The van der Waals surface area contributed by atoms with Crippen LogP contribution in [0.2, 0.25) is 0 Å². The highest BCUT2D eigenvalue weighted by atomic mass is 16.2. The van der Waals surface area contributed by atoms with Crippen molar-refractivity contribution in [3.63, 3.8) is 0 Å². The number of piperazine rings is 1. The molecular formula is C25H33N5O3. The van der Waals surface area contributed by atoms with Gasteiger partial charge in [0.2, 0.25) is 11.8 Å². The maximum atomic E-state index is 12.9. The van der Waals surface area contributed by atoms with Gasteiger partial charge in [0, 0.05) is 63.2 Å². The molecule has 1 atom stereocenters. The summed E-state index contributed by atoms with van der Waals surface area (Å²) in [7, 11) is 2.18. The third kappa shape index (κ3) is 5.80. The van der Waals surface area contributed by atoms with Crippen molar-refractivity contribution in [2.75, 3.05) is 52.9 Å². The van der Waals surface area contributed by atoms with Crippen LogP contribution in [0.1, 0.15) is 47.2 Å². The molecule has 3 amide bonds. The van der Waals surface area contributed by atoms with Gasteiger partial charge in [0.15, 0.2) is 0 Å². The summed E-state index contributed by atoms with van der Waals surface area (Å²) in [5, 5.41) is 5.80. The van der Waals surface area contributed by atoms with Gasteiger partial charge in [0.25, 0.3) is 5.91 Å². The number of hydrogen-bond donors (Lipinski definition) is 2. The van der Waals surface area contributed by atoms with Gasteiger partial charge in [-0.05, 0) is 50.7 Å². The first-order valence-corrected chi connectivity index (χ1v) is 11.9. The molecule has 8 heteroatoms. The Hall–Kier alpha value is -2.73. The number of imide groups is 1. The van der Waals surface area contributed by atoms with Crippen LogP contribution in [-0.2, 0) is 16.1 Å². The fourth-order valence-corrected chi connectivity index (χ4v) is 4.64. The van der Waals surface area contributed by atoms with Gasteiger partial charge in [-0.2, -0.15) is 0 Å². The maximum absolute atomic E-state index is 12.9. The molecule has 2 fully saturated rings. The van der Waals surface area contributed by atoms with Crippen molar-refractivity contribution >= 4 is 17.7 Å². The predicted molar refractivity (Wildman–Crippen MR) is 125 cm³/mol. The molecule has 3 heterocycles. The minimum absolute atomic E-state index is 0.162. The van der Waals surface area contributed by atoms with Crippen molar-refractivity contribution in [1.82, 2.24) is 25.3 Å². The van der Waals surface area contributed by atoms with Gasteiger partial charge in [-0.25, -0.2) is 0 Å². The van der Waals surface area contributed by atoms with Crippen molar-refractivity contribution in [2.45, 2.75) is 38.3 Å². The van der Waals surface area contributed by atoms with Crippen molar-refractivity contribution in [2.24, 2.45) is 0 Å². The Kier molecular flexibility index (Phi) is 7.76. The summed E-state index contributed by atoms with van der Waals surface area (Å²) in [6, 6.07) is 4.96. The average molecular weight is 452 g/mol. The van der Waals surface area contributed by atoms with E-state index in [2.05, 4.69) is 39.3 Å². The predicted octanol–water partition coefficient (Wildman–Crippen LogP) is 0.416. The molecule has 0 aromatic heterocycles. The lowest BCUT2D eigenvalue weighted by Crippen LogP contribution is -2.52. The van der Waals surface area contributed by atoms with Crippen LogP contribution in [0, 0.1) is 11.8 Å².